The largest absolute Gasteiger partial charge is 0.328 e. The van der Waals surface area contributed by atoms with E-state index in [2.05, 4.69) is 5.32 Å². The van der Waals surface area contributed by atoms with E-state index in [1.807, 2.05) is 32.9 Å². The van der Waals surface area contributed by atoms with E-state index in [9.17, 15) is 4.79 Å². The van der Waals surface area contributed by atoms with Crippen molar-refractivity contribution in [3.63, 3.8) is 0 Å². The Morgan fingerprint density at radius 3 is 2.68 bits per heavy atom. The van der Waals surface area contributed by atoms with Gasteiger partial charge in [0.1, 0.15) is 0 Å². The molecule has 0 aromatic heterocycles. The highest BCUT2D eigenvalue weighted by Gasteiger charge is 2.14. The van der Waals surface area contributed by atoms with Gasteiger partial charge in [-0.05, 0) is 44.4 Å². The quantitative estimate of drug-likeness (QED) is 0.835. The van der Waals surface area contributed by atoms with Gasteiger partial charge in [0.15, 0.2) is 0 Å². The minimum atomic E-state index is -0.0165. The second-order valence-corrected chi connectivity index (χ2v) is 5.69. The zero-order valence-corrected chi connectivity index (χ0v) is 12.6. The summed E-state index contributed by atoms with van der Waals surface area (Å²) in [6.45, 7) is 5.88. The lowest BCUT2D eigenvalue weighted by atomic mass is 10.0. The SMILES string of the molecule is Cc1ccc(Cl)cc1NC(=O)C(C)CCCC(C)N. The average Bonchev–Trinajstić information content (AvgIpc) is 2.33. The third kappa shape index (κ3) is 5.62. The third-order valence-corrected chi connectivity index (χ3v) is 3.44. The first-order chi connectivity index (χ1) is 8.90. The van der Waals surface area contributed by atoms with Gasteiger partial charge in [0, 0.05) is 22.7 Å². The molecule has 0 aliphatic heterocycles. The van der Waals surface area contributed by atoms with Gasteiger partial charge in [-0.3, -0.25) is 4.79 Å². The fraction of sp³-hybridized carbons (Fsp3) is 0.533. The van der Waals surface area contributed by atoms with Crippen molar-refractivity contribution in [3.8, 4) is 0 Å². The molecule has 2 unspecified atom stereocenters. The number of hydrogen-bond acceptors (Lipinski definition) is 2. The van der Waals surface area contributed by atoms with Gasteiger partial charge in [-0.1, -0.05) is 31.0 Å². The standard InChI is InChI=1S/C15H23ClN2O/c1-10-7-8-13(16)9-14(10)18-15(19)11(2)5-4-6-12(3)17/h7-9,11-12H,4-6,17H2,1-3H3,(H,18,19). The number of carbonyl (C=O) groups excluding carboxylic acids is 1. The summed E-state index contributed by atoms with van der Waals surface area (Å²) in [5, 5.41) is 3.56. The molecule has 19 heavy (non-hydrogen) atoms. The molecule has 0 aliphatic rings. The van der Waals surface area contributed by atoms with Crippen molar-refractivity contribution in [1.29, 1.82) is 0 Å². The normalized spacial score (nSPS) is 13.9. The first-order valence-electron chi connectivity index (χ1n) is 6.72. The number of nitrogens with two attached hydrogens (primary N) is 1. The highest BCUT2D eigenvalue weighted by atomic mass is 35.5. The lowest BCUT2D eigenvalue weighted by molar-refractivity contribution is -0.119. The molecule has 0 saturated carbocycles. The molecule has 106 valence electrons. The number of halogens is 1. The van der Waals surface area contributed by atoms with Crippen LogP contribution in [-0.4, -0.2) is 11.9 Å². The van der Waals surface area contributed by atoms with Gasteiger partial charge in [0.2, 0.25) is 5.91 Å². The molecule has 0 aliphatic carbocycles. The van der Waals surface area contributed by atoms with Crippen LogP contribution in [0, 0.1) is 12.8 Å². The minimum absolute atomic E-state index is 0.0165. The summed E-state index contributed by atoms with van der Waals surface area (Å²) in [4.78, 5) is 12.1. The fourth-order valence-electron chi connectivity index (χ4n) is 1.86. The summed E-state index contributed by atoms with van der Waals surface area (Å²) in [6.07, 6.45) is 2.78. The second-order valence-electron chi connectivity index (χ2n) is 5.26. The topological polar surface area (TPSA) is 55.1 Å². The first-order valence-corrected chi connectivity index (χ1v) is 7.10. The van der Waals surface area contributed by atoms with Crippen molar-refractivity contribution in [2.24, 2.45) is 11.7 Å². The van der Waals surface area contributed by atoms with Gasteiger partial charge < -0.3 is 11.1 Å². The minimum Gasteiger partial charge on any atom is -0.328 e. The van der Waals surface area contributed by atoms with Crippen molar-refractivity contribution in [3.05, 3.63) is 28.8 Å². The Bertz CT molecular complexity index is 432. The number of anilines is 1. The molecule has 1 aromatic carbocycles. The molecule has 4 heteroatoms. The number of aryl methyl sites for hydroxylation is 1. The maximum absolute atomic E-state index is 12.1. The van der Waals surface area contributed by atoms with E-state index in [0.717, 1.165) is 30.5 Å². The van der Waals surface area contributed by atoms with Gasteiger partial charge in [0.05, 0.1) is 0 Å². The van der Waals surface area contributed by atoms with Crippen LogP contribution >= 0.6 is 11.6 Å². The van der Waals surface area contributed by atoms with E-state index < -0.39 is 0 Å². The number of nitrogens with one attached hydrogen (secondary N) is 1. The Morgan fingerprint density at radius 1 is 1.37 bits per heavy atom. The maximum Gasteiger partial charge on any atom is 0.227 e. The molecule has 1 amide bonds. The van der Waals surface area contributed by atoms with Crippen molar-refractivity contribution < 1.29 is 4.79 Å². The Kier molecular flexibility index (Phi) is 6.32. The summed E-state index contributed by atoms with van der Waals surface area (Å²) in [6, 6.07) is 5.70. The molecule has 2 atom stereocenters. The fourth-order valence-corrected chi connectivity index (χ4v) is 2.03. The van der Waals surface area contributed by atoms with Crippen molar-refractivity contribution in [2.75, 3.05) is 5.32 Å². The van der Waals surface area contributed by atoms with Crippen LogP contribution in [0.4, 0.5) is 5.69 Å². The zero-order valence-electron chi connectivity index (χ0n) is 11.9. The van der Waals surface area contributed by atoms with E-state index in [1.54, 1.807) is 6.07 Å². The van der Waals surface area contributed by atoms with E-state index in [4.69, 9.17) is 17.3 Å². The summed E-state index contributed by atoms with van der Waals surface area (Å²) in [5.74, 6) is 0.0205. The molecule has 0 heterocycles. The number of amides is 1. The van der Waals surface area contributed by atoms with Gasteiger partial charge in [-0.25, -0.2) is 0 Å². The lowest BCUT2D eigenvalue weighted by Crippen LogP contribution is -2.22. The van der Waals surface area contributed by atoms with Gasteiger partial charge in [0.25, 0.3) is 0 Å². The van der Waals surface area contributed by atoms with E-state index in [1.165, 1.54) is 0 Å². The Balaban J connectivity index is 2.51. The summed E-state index contributed by atoms with van der Waals surface area (Å²) >= 11 is 5.93. The molecule has 0 radical (unpaired) electrons. The van der Waals surface area contributed by atoms with Crippen LogP contribution in [0.1, 0.15) is 38.7 Å². The summed E-state index contributed by atoms with van der Waals surface area (Å²) in [7, 11) is 0. The van der Waals surface area contributed by atoms with Crippen LogP contribution in [0.2, 0.25) is 5.02 Å². The number of carbonyl (C=O) groups is 1. The van der Waals surface area contributed by atoms with E-state index >= 15 is 0 Å². The van der Waals surface area contributed by atoms with Crippen LogP contribution in [-0.2, 0) is 4.79 Å². The average molecular weight is 283 g/mol. The lowest BCUT2D eigenvalue weighted by Gasteiger charge is -2.14. The Labute approximate surface area is 120 Å². The van der Waals surface area contributed by atoms with Crippen LogP contribution in [0.3, 0.4) is 0 Å². The predicted octanol–water partition coefficient (Wildman–Crippen LogP) is 3.74. The zero-order chi connectivity index (χ0) is 14.4. The van der Waals surface area contributed by atoms with Crippen molar-refractivity contribution >= 4 is 23.2 Å². The molecule has 3 N–H and O–H groups in total. The molecule has 0 bridgehead atoms. The van der Waals surface area contributed by atoms with Crippen LogP contribution in [0.5, 0.6) is 0 Å². The maximum atomic E-state index is 12.1. The summed E-state index contributed by atoms with van der Waals surface area (Å²) < 4.78 is 0. The number of benzene rings is 1. The molecule has 0 fully saturated rings. The monoisotopic (exact) mass is 282 g/mol. The molecule has 3 nitrogen and oxygen atoms in total. The van der Waals surface area contributed by atoms with E-state index in [-0.39, 0.29) is 17.9 Å². The van der Waals surface area contributed by atoms with Gasteiger partial charge in [-0.15, -0.1) is 0 Å². The number of hydrogen-bond donors (Lipinski definition) is 2. The first kappa shape index (κ1) is 16.0. The second kappa shape index (κ2) is 7.51. The van der Waals surface area contributed by atoms with Gasteiger partial charge >= 0.3 is 0 Å². The molecule has 0 spiro atoms. The molecular formula is C15H23ClN2O. The Hall–Kier alpha value is -1.06. The molecule has 0 saturated heterocycles. The van der Waals surface area contributed by atoms with Crippen LogP contribution < -0.4 is 11.1 Å². The number of rotatable bonds is 6. The summed E-state index contributed by atoms with van der Waals surface area (Å²) in [5.41, 5.74) is 7.50. The smallest absolute Gasteiger partial charge is 0.227 e. The third-order valence-electron chi connectivity index (χ3n) is 3.20. The molecule has 1 aromatic rings. The molecular weight excluding hydrogens is 260 g/mol. The predicted molar refractivity (Wildman–Crippen MR) is 81.5 cm³/mol. The van der Waals surface area contributed by atoms with E-state index in [0.29, 0.717) is 5.02 Å². The van der Waals surface area contributed by atoms with Crippen molar-refractivity contribution in [2.45, 2.75) is 46.1 Å². The Morgan fingerprint density at radius 2 is 2.05 bits per heavy atom. The molecule has 1 rings (SSSR count). The highest BCUT2D eigenvalue weighted by Crippen LogP contribution is 2.21. The highest BCUT2D eigenvalue weighted by molar-refractivity contribution is 6.31. The van der Waals surface area contributed by atoms with Crippen LogP contribution in [0.25, 0.3) is 0 Å². The van der Waals surface area contributed by atoms with Crippen LogP contribution in [0.15, 0.2) is 18.2 Å². The van der Waals surface area contributed by atoms with Gasteiger partial charge in [-0.2, -0.15) is 0 Å². The van der Waals surface area contributed by atoms with Crippen molar-refractivity contribution in [1.82, 2.24) is 0 Å².